The summed E-state index contributed by atoms with van der Waals surface area (Å²) in [6.07, 6.45) is 3.34. The van der Waals surface area contributed by atoms with E-state index in [4.69, 9.17) is 0 Å². The molecule has 5 heteroatoms. The lowest BCUT2D eigenvalue weighted by molar-refractivity contribution is -0.137. The van der Waals surface area contributed by atoms with Crippen LogP contribution in [0.1, 0.15) is 39.5 Å². The molecular formula is C15H27N3O2. The Labute approximate surface area is 121 Å². The molecule has 1 N–H and O–H groups in total. The number of amides is 2. The van der Waals surface area contributed by atoms with E-state index in [0.29, 0.717) is 31.5 Å². The van der Waals surface area contributed by atoms with Gasteiger partial charge in [-0.25, -0.2) is 0 Å². The molecule has 2 aliphatic rings. The summed E-state index contributed by atoms with van der Waals surface area (Å²) in [6, 6.07) is 0.433. The van der Waals surface area contributed by atoms with Crippen molar-refractivity contribution < 1.29 is 9.59 Å². The van der Waals surface area contributed by atoms with Crippen molar-refractivity contribution in [2.24, 2.45) is 5.92 Å². The third-order valence-corrected chi connectivity index (χ3v) is 4.44. The molecule has 20 heavy (non-hydrogen) atoms. The van der Waals surface area contributed by atoms with Crippen molar-refractivity contribution in [3.8, 4) is 0 Å². The van der Waals surface area contributed by atoms with Gasteiger partial charge in [0.25, 0.3) is 0 Å². The third kappa shape index (κ3) is 3.72. The van der Waals surface area contributed by atoms with Gasteiger partial charge in [0.15, 0.2) is 0 Å². The van der Waals surface area contributed by atoms with Gasteiger partial charge in [0.05, 0.1) is 0 Å². The Morgan fingerprint density at radius 3 is 2.55 bits per heavy atom. The molecule has 2 atom stereocenters. The summed E-state index contributed by atoms with van der Waals surface area (Å²) >= 11 is 0. The van der Waals surface area contributed by atoms with Crippen LogP contribution in [0.3, 0.4) is 0 Å². The highest BCUT2D eigenvalue weighted by Crippen LogP contribution is 2.19. The van der Waals surface area contributed by atoms with E-state index in [9.17, 15) is 9.59 Å². The number of piperidine rings is 1. The first-order chi connectivity index (χ1) is 9.61. The Morgan fingerprint density at radius 2 is 1.85 bits per heavy atom. The zero-order valence-corrected chi connectivity index (χ0v) is 12.7. The maximum absolute atomic E-state index is 12.6. The van der Waals surface area contributed by atoms with Crippen molar-refractivity contribution in [2.75, 3.05) is 32.7 Å². The molecule has 0 saturated carbocycles. The summed E-state index contributed by atoms with van der Waals surface area (Å²) in [5.41, 5.74) is 0. The van der Waals surface area contributed by atoms with Crippen molar-refractivity contribution in [3.63, 3.8) is 0 Å². The predicted octanol–water partition coefficient (Wildman–Crippen LogP) is 0.845. The normalized spacial score (nSPS) is 28.1. The minimum absolute atomic E-state index is 0.166. The Hall–Kier alpha value is -1.10. The highest BCUT2D eigenvalue weighted by molar-refractivity contribution is 5.79. The van der Waals surface area contributed by atoms with Gasteiger partial charge in [-0.1, -0.05) is 6.92 Å². The number of nitrogens with zero attached hydrogens (tertiary/aromatic N) is 2. The van der Waals surface area contributed by atoms with Gasteiger partial charge in [0, 0.05) is 44.6 Å². The van der Waals surface area contributed by atoms with Crippen molar-refractivity contribution in [3.05, 3.63) is 0 Å². The standard InChI is InChI=1S/C15H27N3O2/c1-3-14(19)17-7-4-8-18(10-9-17)15(20)13-5-6-16-12(2)11-13/h12-13,16H,3-11H2,1-2H3. The Morgan fingerprint density at radius 1 is 1.15 bits per heavy atom. The molecule has 2 unspecified atom stereocenters. The van der Waals surface area contributed by atoms with E-state index in [1.165, 1.54) is 0 Å². The molecule has 0 aliphatic carbocycles. The van der Waals surface area contributed by atoms with E-state index < -0.39 is 0 Å². The largest absolute Gasteiger partial charge is 0.341 e. The smallest absolute Gasteiger partial charge is 0.225 e. The Bertz CT molecular complexity index is 359. The molecule has 2 amide bonds. The molecule has 0 bridgehead atoms. The second-order valence-electron chi connectivity index (χ2n) is 5.99. The summed E-state index contributed by atoms with van der Waals surface area (Å²) in [6.45, 7) is 7.95. The fourth-order valence-corrected chi connectivity index (χ4v) is 3.23. The molecule has 2 rings (SSSR count). The maximum Gasteiger partial charge on any atom is 0.225 e. The van der Waals surface area contributed by atoms with E-state index in [0.717, 1.165) is 38.9 Å². The van der Waals surface area contributed by atoms with E-state index in [1.807, 2.05) is 16.7 Å². The van der Waals surface area contributed by atoms with Crippen LogP contribution in [0.25, 0.3) is 0 Å². The van der Waals surface area contributed by atoms with Crippen LogP contribution in [0.5, 0.6) is 0 Å². The second-order valence-corrected chi connectivity index (χ2v) is 5.99. The SMILES string of the molecule is CCC(=O)N1CCCN(C(=O)C2CCNC(C)C2)CC1. The topological polar surface area (TPSA) is 52.7 Å². The molecule has 114 valence electrons. The second kappa shape index (κ2) is 7.07. The van der Waals surface area contributed by atoms with Gasteiger partial charge in [-0.2, -0.15) is 0 Å². The predicted molar refractivity (Wildman–Crippen MR) is 78.3 cm³/mol. The maximum atomic E-state index is 12.6. The van der Waals surface area contributed by atoms with Crippen molar-refractivity contribution in [2.45, 2.75) is 45.6 Å². The molecule has 0 aromatic carbocycles. The molecular weight excluding hydrogens is 254 g/mol. The zero-order valence-electron chi connectivity index (χ0n) is 12.7. The highest BCUT2D eigenvalue weighted by Gasteiger charge is 2.29. The first-order valence-electron chi connectivity index (χ1n) is 7.91. The number of carbonyl (C=O) groups excluding carboxylic acids is 2. The third-order valence-electron chi connectivity index (χ3n) is 4.44. The summed E-state index contributed by atoms with van der Waals surface area (Å²) in [4.78, 5) is 28.2. The van der Waals surface area contributed by atoms with Crippen LogP contribution in [-0.4, -0.2) is 60.4 Å². The molecule has 2 saturated heterocycles. The lowest BCUT2D eigenvalue weighted by Gasteiger charge is -2.31. The van der Waals surface area contributed by atoms with Crippen molar-refractivity contribution >= 4 is 11.8 Å². The van der Waals surface area contributed by atoms with E-state index >= 15 is 0 Å². The average molecular weight is 281 g/mol. The van der Waals surface area contributed by atoms with Gasteiger partial charge >= 0.3 is 0 Å². The quantitative estimate of drug-likeness (QED) is 0.816. The average Bonchev–Trinajstić information content (AvgIpc) is 2.71. The van der Waals surface area contributed by atoms with Crippen LogP contribution >= 0.6 is 0 Å². The zero-order chi connectivity index (χ0) is 14.5. The number of carbonyl (C=O) groups is 2. The van der Waals surface area contributed by atoms with E-state index in [-0.39, 0.29) is 11.8 Å². The van der Waals surface area contributed by atoms with Gasteiger partial charge in [0.2, 0.25) is 11.8 Å². The number of rotatable bonds is 2. The van der Waals surface area contributed by atoms with E-state index in [1.54, 1.807) is 0 Å². The van der Waals surface area contributed by atoms with Crippen LogP contribution in [0.4, 0.5) is 0 Å². The number of hydrogen-bond acceptors (Lipinski definition) is 3. The van der Waals surface area contributed by atoms with Crippen LogP contribution in [-0.2, 0) is 9.59 Å². The van der Waals surface area contributed by atoms with Crippen LogP contribution in [0.15, 0.2) is 0 Å². The Balaban J connectivity index is 1.89. The van der Waals surface area contributed by atoms with Crippen LogP contribution < -0.4 is 5.32 Å². The first kappa shape index (κ1) is 15.3. The summed E-state index contributed by atoms with van der Waals surface area (Å²) in [5.74, 6) is 0.665. The van der Waals surface area contributed by atoms with Crippen LogP contribution in [0, 0.1) is 5.92 Å². The first-order valence-corrected chi connectivity index (χ1v) is 7.91. The lowest BCUT2D eigenvalue weighted by atomic mass is 9.92. The molecule has 0 aromatic rings. The monoisotopic (exact) mass is 281 g/mol. The van der Waals surface area contributed by atoms with Crippen molar-refractivity contribution in [1.82, 2.24) is 15.1 Å². The minimum Gasteiger partial charge on any atom is -0.341 e. The number of nitrogens with one attached hydrogen (secondary N) is 1. The van der Waals surface area contributed by atoms with Crippen LogP contribution in [0.2, 0.25) is 0 Å². The fourth-order valence-electron chi connectivity index (χ4n) is 3.23. The highest BCUT2D eigenvalue weighted by atomic mass is 16.2. The summed E-state index contributed by atoms with van der Waals surface area (Å²) in [7, 11) is 0. The molecule has 5 nitrogen and oxygen atoms in total. The lowest BCUT2D eigenvalue weighted by Crippen LogP contribution is -2.45. The molecule has 2 fully saturated rings. The Kier molecular flexibility index (Phi) is 5.40. The van der Waals surface area contributed by atoms with Gasteiger partial charge in [-0.05, 0) is 32.7 Å². The minimum atomic E-state index is 0.166. The van der Waals surface area contributed by atoms with Gasteiger partial charge < -0.3 is 15.1 Å². The van der Waals surface area contributed by atoms with Gasteiger partial charge in [-0.15, -0.1) is 0 Å². The van der Waals surface area contributed by atoms with Gasteiger partial charge in [0.1, 0.15) is 0 Å². The summed E-state index contributed by atoms with van der Waals surface area (Å²) in [5, 5.41) is 3.39. The van der Waals surface area contributed by atoms with E-state index in [2.05, 4.69) is 12.2 Å². The fraction of sp³-hybridized carbons (Fsp3) is 0.867. The molecule has 0 spiro atoms. The molecule has 2 heterocycles. The van der Waals surface area contributed by atoms with Gasteiger partial charge in [-0.3, -0.25) is 9.59 Å². The molecule has 0 aromatic heterocycles. The van der Waals surface area contributed by atoms with Crippen molar-refractivity contribution in [1.29, 1.82) is 0 Å². The number of hydrogen-bond donors (Lipinski definition) is 1. The molecule has 0 radical (unpaired) electrons. The molecule has 2 aliphatic heterocycles. The summed E-state index contributed by atoms with van der Waals surface area (Å²) < 4.78 is 0.